The van der Waals surface area contributed by atoms with Crippen molar-refractivity contribution in [3.63, 3.8) is 0 Å². The number of ketones is 1. The third-order valence-electron chi connectivity index (χ3n) is 1.81. The number of benzene rings is 1. The van der Waals surface area contributed by atoms with Gasteiger partial charge in [0.1, 0.15) is 5.78 Å². The van der Waals surface area contributed by atoms with Crippen molar-refractivity contribution in [2.45, 2.75) is 12.3 Å². The molecule has 0 aliphatic carbocycles. The van der Waals surface area contributed by atoms with Crippen LogP contribution in [0.15, 0.2) is 18.2 Å². The van der Waals surface area contributed by atoms with Gasteiger partial charge in [-0.2, -0.15) is 0 Å². The second kappa shape index (κ2) is 5.74. The van der Waals surface area contributed by atoms with Crippen molar-refractivity contribution < 1.29 is 4.79 Å². The number of hydrogen-bond acceptors (Lipinski definition) is 1. The van der Waals surface area contributed by atoms with Crippen molar-refractivity contribution in [1.29, 1.82) is 0 Å². The van der Waals surface area contributed by atoms with Crippen LogP contribution in [-0.2, 0) is 17.1 Å². The van der Waals surface area contributed by atoms with Crippen molar-refractivity contribution in [3.8, 4) is 0 Å². The second-order valence-electron chi connectivity index (χ2n) is 2.91. The van der Waals surface area contributed by atoms with E-state index in [0.717, 1.165) is 11.1 Å². The maximum Gasteiger partial charge on any atom is 0.147 e. The van der Waals surface area contributed by atoms with Gasteiger partial charge in [0, 0.05) is 17.3 Å². The molecule has 0 aromatic heterocycles. The first-order valence-corrected chi connectivity index (χ1v) is 6.11. The Morgan fingerprint density at radius 1 is 1.43 bits per heavy atom. The van der Waals surface area contributed by atoms with Crippen molar-refractivity contribution in [1.82, 2.24) is 0 Å². The first-order chi connectivity index (χ1) is 6.67. The van der Waals surface area contributed by atoms with E-state index in [1.54, 1.807) is 6.07 Å². The first kappa shape index (κ1) is 12.0. The highest BCUT2D eigenvalue weighted by Gasteiger charge is 2.04. The van der Waals surface area contributed by atoms with Crippen LogP contribution in [0.3, 0.4) is 0 Å². The molecule has 0 radical (unpaired) electrons. The summed E-state index contributed by atoms with van der Waals surface area (Å²) in [5, 5.41) is 1.00. The standard InChI is InChI=1S/C10H9BrCl2O/c11-5-9(14)3-7-1-2-8(6-12)10(13)4-7/h1-2,4H,3,5-6H2. The molecule has 0 bridgehead atoms. The van der Waals surface area contributed by atoms with E-state index in [1.165, 1.54) is 0 Å². The van der Waals surface area contributed by atoms with Crippen LogP contribution in [0, 0.1) is 0 Å². The van der Waals surface area contributed by atoms with Gasteiger partial charge >= 0.3 is 0 Å². The molecule has 0 fully saturated rings. The van der Waals surface area contributed by atoms with Crippen molar-refractivity contribution >= 4 is 44.9 Å². The molecule has 1 aromatic rings. The smallest absolute Gasteiger partial charge is 0.147 e. The lowest BCUT2D eigenvalue weighted by Gasteiger charge is -2.03. The van der Waals surface area contributed by atoms with Crippen LogP contribution in [0.2, 0.25) is 5.02 Å². The van der Waals surface area contributed by atoms with E-state index in [4.69, 9.17) is 23.2 Å². The summed E-state index contributed by atoms with van der Waals surface area (Å²) in [4.78, 5) is 11.1. The fourth-order valence-corrected chi connectivity index (χ4v) is 1.85. The Morgan fingerprint density at radius 3 is 2.64 bits per heavy atom. The highest BCUT2D eigenvalue weighted by molar-refractivity contribution is 9.09. The van der Waals surface area contributed by atoms with Crippen LogP contribution in [0.4, 0.5) is 0 Å². The number of carbonyl (C=O) groups is 1. The number of Topliss-reactive ketones (excluding diaryl/α,β-unsaturated/α-hetero) is 1. The first-order valence-electron chi connectivity index (χ1n) is 4.08. The maximum absolute atomic E-state index is 11.1. The average Bonchev–Trinajstić information content (AvgIpc) is 2.18. The van der Waals surface area contributed by atoms with Crippen LogP contribution < -0.4 is 0 Å². The van der Waals surface area contributed by atoms with Gasteiger partial charge in [-0.25, -0.2) is 0 Å². The molecule has 0 aliphatic rings. The van der Waals surface area contributed by atoms with Crippen molar-refractivity contribution in [3.05, 3.63) is 34.3 Å². The molecule has 0 N–H and O–H groups in total. The zero-order valence-electron chi connectivity index (χ0n) is 7.40. The van der Waals surface area contributed by atoms with Gasteiger partial charge in [0.15, 0.2) is 0 Å². The molecule has 0 unspecified atom stereocenters. The molecule has 0 heterocycles. The monoisotopic (exact) mass is 294 g/mol. The van der Waals surface area contributed by atoms with E-state index >= 15 is 0 Å². The number of hydrogen-bond donors (Lipinski definition) is 0. The van der Waals surface area contributed by atoms with Gasteiger partial charge in [0.25, 0.3) is 0 Å². The largest absolute Gasteiger partial charge is 0.298 e. The number of carbonyl (C=O) groups excluding carboxylic acids is 1. The molecule has 76 valence electrons. The summed E-state index contributed by atoms with van der Waals surface area (Å²) in [5.74, 6) is 0.533. The molecule has 0 aliphatic heterocycles. The molecule has 1 rings (SSSR count). The van der Waals surface area contributed by atoms with Gasteiger partial charge in [0.05, 0.1) is 5.33 Å². The molecule has 4 heteroatoms. The molecule has 0 saturated carbocycles. The summed E-state index contributed by atoms with van der Waals surface area (Å²) in [6.07, 6.45) is 0.410. The average molecular weight is 296 g/mol. The molecule has 1 nitrogen and oxygen atoms in total. The zero-order valence-corrected chi connectivity index (χ0v) is 10.5. The Hall–Kier alpha value is -0.0500. The van der Waals surface area contributed by atoms with E-state index in [1.807, 2.05) is 12.1 Å². The lowest BCUT2D eigenvalue weighted by atomic mass is 10.1. The topological polar surface area (TPSA) is 17.1 Å². The van der Waals surface area contributed by atoms with Gasteiger partial charge in [-0.15, -0.1) is 11.6 Å². The van der Waals surface area contributed by atoms with Crippen LogP contribution in [0.5, 0.6) is 0 Å². The highest BCUT2D eigenvalue weighted by atomic mass is 79.9. The SMILES string of the molecule is O=C(CBr)Cc1ccc(CCl)c(Cl)c1. The predicted molar refractivity (Wildman–Crippen MR) is 63.5 cm³/mol. The lowest BCUT2D eigenvalue weighted by Crippen LogP contribution is -2.03. The minimum absolute atomic E-state index is 0.139. The highest BCUT2D eigenvalue weighted by Crippen LogP contribution is 2.20. The predicted octanol–water partition coefficient (Wildman–Crippen LogP) is 3.59. The van der Waals surface area contributed by atoms with Gasteiger partial charge in [-0.05, 0) is 17.2 Å². The Balaban J connectivity index is 2.81. The fourth-order valence-electron chi connectivity index (χ4n) is 1.08. The summed E-state index contributed by atoms with van der Waals surface area (Å²) < 4.78 is 0. The molecular formula is C10H9BrCl2O. The minimum Gasteiger partial charge on any atom is -0.298 e. The van der Waals surface area contributed by atoms with Crippen LogP contribution in [-0.4, -0.2) is 11.1 Å². The van der Waals surface area contributed by atoms with Gasteiger partial charge < -0.3 is 0 Å². The summed E-state index contributed by atoms with van der Waals surface area (Å²) in [6, 6.07) is 5.52. The molecule has 0 saturated heterocycles. The van der Waals surface area contributed by atoms with Crippen LogP contribution in [0.25, 0.3) is 0 Å². The summed E-state index contributed by atoms with van der Waals surface area (Å²) in [5.41, 5.74) is 1.82. The summed E-state index contributed by atoms with van der Waals surface area (Å²) in [6.45, 7) is 0. The van der Waals surface area contributed by atoms with Crippen molar-refractivity contribution in [2.24, 2.45) is 0 Å². The normalized spacial score (nSPS) is 10.2. The maximum atomic E-state index is 11.1. The zero-order chi connectivity index (χ0) is 10.6. The molecule has 1 aromatic carbocycles. The van der Waals surface area contributed by atoms with Gasteiger partial charge in [-0.1, -0.05) is 39.7 Å². The summed E-state index contributed by atoms with van der Waals surface area (Å²) >= 11 is 14.7. The molecule has 14 heavy (non-hydrogen) atoms. The molecular weight excluding hydrogens is 287 g/mol. The Morgan fingerprint density at radius 2 is 2.14 bits per heavy atom. The van der Waals surface area contributed by atoms with E-state index in [9.17, 15) is 4.79 Å². The Kier molecular flexibility index (Phi) is 4.93. The second-order valence-corrected chi connectivity index (χ2v) is 4.14. The number of alkyl halides is 2. The van der Waals surface area contributed by atoms with Gasteiger partial charge in [0.2, 0.25) is 0 Å². The Bertz CT molecular complexity index is 339. The quantitative estimate of drug-likeness (QED) is 0.776. The summed E-state index contributed by atoms with van der Waals surface area (Å²) in [7, 11) is 0. The van der Waals surface area contributed by atoms with E-state index in [2.05, 4.69) is 15.9 Å². The van der Waals surface area contributed by atoms with Crippen molar-refractivity contribution in [2.75, 3.05) is 5.33 Å². The Labute approximate surface area is 102 Å². The number of halogens is 3. The van der Waals surface area contributed by atoms with Crippen LogP contribution >= 0.6 is 39.1 Å². The van der Waals surface area contributed by atoms with Crippen LogP contribution in [0.1, 0.15) is 11.1 Å². The third-order valence-corrected chi connectivity index (χ3v) is 3.08. The van der Waals surface area contributed by atoms with Gasteiger partial charge in [-0.3, -0.25) is 4.79 Å². The van der Waals surface area contributed by atoms with E-state index in [0.29, 0.717) is 22.7 Å². The number of rotatable bonds is 4. The molecule has 0 amide bonds. The third kappa shape index (κ3) is 3.26. The van der Waals surface area contributed by atoms with E-state index in [-0.39, 0.29) is 5.78 Å². The lowest BCUT2D eigenvalue weighted by molar-refractivity contribution is -0.115. The molecule has 0 atom stereocenters. The fraction of sp³-hybridized carbons (Fsp3) is 0.300. The minimum atomic E-state index is 0.139. The molecule has 0 spiro atoms. The van der Waals surface area contributed by atoms with E-state index < -0.39 is 0 Å².